The van der Waals surface area contributed by atoms with Gasteiger partial charge in [0.2, 0.25) is 5.91 Å². The molecule has 30 heavy (non-hydrogen) atoms. The smallest absolute Gasteiger partial charge is 0.264 e. The summed E-state index contributed by atoms with van der Waals surface area (Å²) in [4.78, 5) is 31.6. The van der Waals surface area contributed by atoms with E-state index in [9.17, 15) is 9.59 Å². The van der Waals surface area contributed by atoms with Crippen LogP contribution in [-0.2, 0) is 16.0 Å². The van der Waals surface area contributed by atoms with E-state index in [-0.39, 0.29) is 24.5 Å². The number of benzene rings is 2. The lowest BCUT2D eigenvalue weighted by molar-refractivity contribution is -0.118. The second-order valence-electron chi connectivity index (χ2n) is 7.36. The number of carbonyl (C=O) groups is 2. The highest BCUT2D eigenvalue weighted by atomic mass is 32.1. The van der Waals surface area contributed by atoms with Crippen molar-refractivity contribution in [3.05, 3.63) is 59.0 Å². The Morgan fingerprint density at radius 1 is 1.23 bits per heavy atom. The van der Waals surface area contributed by atoms with Crippen molar-refractivity contribution in [2.75, 3.05) is 16.8 Å². The Morgan fingerprint density at radius 3 is 2.73 bits per heavy atom. The average molecular weight is 422 g/mol. The van der Waals surface area contributed by atoms with Gasteiger partial charge in [0.1, 0.15) is 5.75 Å². The molecule has 154 valence electrons. The van der Waals surface area contributed by atoms with E-state index in [0.717, 1.165) is 33.8 Å². The molecule has 2 amide bonds. The van der Waals surface area contributed by atoms with Crippen LogP contribution in [0.25, 0.3) is 11.3 Å². The molecule has 2 aromatic carbocycles. The first-order chi connectivity index (χ1) is 14.4. The molecule has 0 spiro atoms. The predicted molar refractivity (Wildman–Crippen MR) is 119 cm³/mol. The number of thiazole rings is 1. The minimum absolute atomic E-state index is 0.0570. The molecule has 1 aliphatic heterocycles. The molecule has 0 bridgehead atoms. The van der Waals surface area contributed by atoms with Gasteiger partial charge in [0.15, 0.2) is 11.7 Å². The molecule has 7 heteroatoms. The maximum atomic E-state index is 12.2. The fourth-order valence-electron chi connectivity index (χ4n) is 3.80. The summed E-state index contributed by atoms with van der Waals surface area (Å²) in [6.07, 6.45) is 0.826. The molecule has 0 fully saturated rings. The Kier molecular flexibility index (Phi) is 5.55. The quantitative estimate of drug-likeness (QED) is 0.661. The number of fused-ring (bicyclic) bond motifs is 1. The van der Waals surface area contributed by atoms with Crippen LogP contribution in [0.1, 0.15) is 24.3 Å². The van der Waals surface area contributed by atoms with Crippen LogP contribution < -0.4 is 15.0 Å². The van der Waals surface area contributed by atoms with Gasteiger partial charge in [-0.25, -0.2) is 4.98 Å². The second kappa shape index (κ2) is 8.28. The monoisotopic (exact) mass is 421 g/mol. The molecule has 0 radical (unpaired) electrons. The van der Waals surface area contributed by atoms with Crippen molar-refractivity contribution in [1.82, 2.24) is 4.98 Å². The highest BCUT2D eigenvalue weighted by Crippen LogP contribution is 2.37. The average Bonchev–Trinajstić information content (AvgIpc) is 3.24. The van der Waals surface area contributed by atoms with Crippen molar-refractivity contribution in [1.29, 1.82) is 0 Å². The Balaban J connectivity index is 1.47. The standard InChI is InChI=1S/C23H23N3O3S/c1-14-11-18-12-17(9-10-20(18)26(14)16(3)27)22-15(2)30-23(25-22)24-21(28)13-29-19-7-5-4-6-8-19/h4-10,12,14H,11,13H2,1-3H3,(H,24,25,28)/t14-/m1/s1. The predicted octanol–water partition coefficient (Wildman–Crippen LogP) is 4.43. The van der Waals surface area contributed by atoms with E-state index in [1.165, 1.54) is 11.3 Å². The van der Waals surface area contributed by atoms with Crippen LogP contribution in [0.15, 0.2) is 48.5 Å². The largest absolute Gasteiger partial charge is 0.484 e. The lowest BCUT2D eigenvalue weighted by atomic mass is 10.0. The molecular formula is C23H23N3O3S. The van der Waals surface area contributed by atoms with Crippen LogP contribution in [0, 0.1) is 6.92 Å². The Hall–Kier alpha value is -3.19. The van der Waals surface area contributed by atoms with Crippen LogP contribution in [0.5, 0.6) is 5.75 Å². The lowest BCUT2D eigenvalue weighted by Gasteiger charge is -2.20. The van der Waals surface area contributed by atoms with Crippen LogP contribution in [-0.4, -0.2) is 29.4 Å². The normalized spacial score (nSPS) is 15.0. The van der Waals surface area contributed by atoms with Crippen LogP contribution in [0.4, 0.5) is 10.8 Å². The fraction of sp³-hybridized carbons (Fsp3) is 0.261. The van der Waals surface area contributed by atoms with Crippen molar-refractivity contribution < 1.29 is 14.3 Å². The number of aromatic nitrogens is 1. The van der Waals surface area contributed by atoms with Crippen LogP contribution in [0.3, 0.4) is 0 Å². The molecule has 0 aliphatic carbocycles. The van der Waals surface area contributed by atoms with E-state index >= 15 is 0 Å². The third kappa shape index (κ3) is 4.07. The second-order valence-corrected chi connectivity index (χ2v) is 8.56. The summed E-state index contributed by atoms with van der Waals surface area (Å²) < 4.78 is 5.48. The number of nitrogens with zero attached hydrogens (tertiary/aromatic N) is 2. The minimum atomic E-state index is -0.251. The van der Waals surface area contributed by atoms with Gasteiger partial charge in [-0.3, -0.25) is 14.9 Å². The van der Waals surface area contributed by atoms with Crippen LogP contribution >= 0.6 is 11.3 Å². The summed E-state index contributed by atoms with van der Waals surface area (Å²) in [7, 11) is 0. The number of carbonyl (C=O) groups excluding carboxylic acids is 2. The minimum Gasteiger partial charge on any atom is -0.484 e. The number of aryl methyl sites for hydroxylation is 1. The molecule has 1 atom stereocenters. The van der Waals surface area contributed by atoms with Crippen molar-refractivity contribution in [2.24, 2.45) is 0 Å². The zero-order valence-electron chi connectivity index (χ0n) is 17.1. The molecule has 0 saturated carbocycles. The number of hydrogen-bond acceptors (Lipinski definition) is 5. The number of ether oxygens (including phenoxy) is 1. The summed E-state index contributed by atoms with van der Waals surface area (Å²) in [5.74, 6) is 0.455. The zero-order chi connectivity index (χ0) is 21.3. The van der Waals surface area contributed by atoms with E-state index in [1.54, 1.807) is 19.1 Å². The van der Waals surface area contributed by atoms with Gasteiger partial charge >= 0.3 is 0 Å². The van der Waals surface area contributed by atoms with Gasteiger partial charge in [-0.1, -0.05) is 24.3 Å². The maximum absolute atomic E-state index is 12.2. The van der Waals surface area contributed by atoms with E-state index in [4.69, 9.17) is 4.74 Å². The first-order valence-corrected chi connectivity index (χ1v) is 10.6. The number of nitrogens with one attached hydrogen (secondary N) is 1. The summed E-state index contributed by atoms with van der Waals surface area (Å²) in [6, 6.07) is 15.4. The fourth-order valence-corrected chi connectivity index (χ4v) is 4.65. The highest BCUT2D eigenvalue weighted by molar-refractivity contribution is 7.16. The number of para-hydroxylation sites is 1. The maximum Gasteiger partial charge on any atom is 0.264 e. The first kappa shape index (κ1) is 20.1. The number of rotatable bonds is 5. The van der Waals surface area contributed by atoms with Crippen molar-refractivity contribution in [2.45, 2.75) is 33.2 Å². The summed E-state index contributed by atoms with van der Waals surface area (Å²) in [5.41, 5.74) is 3.94. The molecule has 1 aromatic heterocycles. The molecule has 6 nitrogen and oxygen atoms in total. The summed E-state index contributed by atoms with van der Waals surface area (Å²) >= 11 is 1.44. The topological polar surface area (TPSA) is 71.5 Å². The third-order valence-corrected chi connectivity index (χ3v) is 5.95. The molecule has 4 rings (SSSR count). The number of anilines is 2. The molecule has 1 aliphatic rings. The molecule has 0 unspecified atom stereocenters. The first-order valence-electron chi connectivity index (χ1n) is 9.80. The highest BCUT2D eigenvalue weighted by Gasteiger charge is 2.29. The summed E-state index contributed by atoms with van der Waals surface area (Å²) in [6.45, 7) is 5.57. The SMILES string of the molecule is CC(=O)N1c2ccc(-c3nc(NC(=O)COc4ccccc4)sc3C)cc2C[C@H]1C. The van der Waals surface area contributed by atoms with Gasteiger partial charge in [-0.2, -0.15) is 0 Å². The van der Waals surface area contributed by atoms with Crippen molar-refractivity contribution in [3.63, 3.8) is 0 Å². The third-order valence-electron chi connectivity index (χ3n) is 5.06. The Labute approximate surface area is 179 Å². The van der Waals surface area contributed by atoms with E-state index in [2.05, 4.69) is 23.3 Å². The number of amides is 2. The number of hydrogen-bond donors (Lipinski definition) is 1. The van der Waals surface area contributed by atoms with Crippen molar-refractivity contribution >= 4 is 34.0 Å². The molecule has 1 N–H and O–H groups in total. The Morgan fingerprint density at radius 2 is 2.00 bits per heavy atom. The van der Waals surface area contributed by atoms with Crippen LogP contribution in [0.2, 0.25) is 0 Å². The van der Waals surface area contributed by atoms with Crippen molar-refractivity contribution in [3.8, 4) is 17.0 Å². The van der Waals surface area contributed by atoms with E-state index in [1.807, 2.05) is 42.2 Å². The van der Waals surface area contributed by atoms with Gasteiger partial charge < -0.3 is 9.64 Å². The van der Waals surface area contributed by atoms with Gasteiger partial charge in [0, 0.05) is 29.1 Å². The molecule has 0 saturated heterocycles. The molecule has 3 aromatic rings. The molecule has 2 heterocycles. The molecular weight excluding hydrogens is 398 g/mol. The Bertz CT molecular complexity index is 1090. The lowest BCUT2D eigenvalue weighted by Crippen LogP contribution is -2.33. The summed E-state index contributed by atoms with van der Waals surface area (Å²) in [5, 5.41) is 3.36. The zero-order valence-corrected chi connectivity index (χ0v) is 18.0. The van der Waals surface area contributed by atoms with E-state index < -0.39 is 0 Å². The van der Waals surface area contributed by atoms with E-state index in [0.29, 0.717) is 10.9 Å². The van der Waals surface area contributed by atoms with Gasteiger partial charge in [-0.05, 0) is 50.1 Å². The van der Waals surface area contributed by atoms with Gasteiger partial charge in [0.05, 0.1) is 5.69 Å². The van der Waals surface area contributed by atoms with Gasteiger partial charge in [-0.15, -0.1) is 11.3 Å². The van der Waals surface area contributed by atoms with Gasteiger partial charge in [0.25, 0.3) is 5.91 Å².